The SMILES string of the molecule is C=C/C=C(\C=C)c1nc(-c2ccccc2)nc(-c2cc(C(/C=C\C)=C/CC)c(-n3c4ccccc4c4c3ccc3c5ccc6c(c7ccccc7n6-c6ccccc6)c5n(-c5ccccc5)c34)c(-c3ccccc3)c2)n1. The fourth-order valence-electron chi connectivity index (χ4n) is 11.5. The summed E-state index contributed by atoms with van der Waals surface area (Å²) in [5.41, 5.74) is 16.9. The predicted molar refractivity (Wildman–Crippen MR) is 321 cm³/mol. The Morgan fingerprint density at radius 2 is 0.987 bits per heavy atom. The Bertz CT molecular complexity index is 4510. The zero-order chi connectivity index (χ0) is 51.3. The first-order valence-electron chi connectivity index (χ1n) is 26.0. The number of hydrogen-bond acceptors (Lipinski definition) is 3. The molecule has 0 bridgehead atoms. The molecule has 9 aromatic carbocycles. The molecule has 0 amide bonds. The Balaban J connectivity index is 1.19. The molecule has 0 aliphatic carbocycles. The van der Waals surface area contributed by atoms with E-state index >= 15 is 0 Å². The van der Waals surface area contributed by atoms with Crippen LogP contribution in [0.1, 0.15) is 31.7 Å². The second-order valence-electron chi connectivity index (χ2n) is 19.0. The van der Waals surface area contributed by atoms with E-state index in [1.54, 1.807) is 12.2 Å². The van der Waals surface area contributed by atoms with Gasteiger partial charge in [0.05, 0.1) is 38.8 Å². The summed E-state index contributed by atoms with van der Waals surface area (Å²) in [6.07, 6.45) is 12.9. The second kappa shape index (κ2) is 19.2. The smallest absolute Gasteiger partial charge is 0.164 e. The highest BCUT2D eigenvalue weighted by molar-refractivity contribution is 6.31. The van der Waals surface area contributed by atoms with Crippen LogP contribution in [-0.2, 0) is 0 Å². The molecule has 0 aliphatic heterocycles. The van der Waals surface area contributed by atoms with Crippen molar-refractivity contribution in [2.45, 2.75) is 20.3 Å². The Kier molecular flexibility index (Phi) is 11.6. The second-order valence-corrected chi connectivity index (χ2v) is 19.0. The zero-order valence-electron chi connectivity index (χ0n) is 42.4. The summed E-state index contributed by atoms with van der Waals surface area (Å²) >= 11 is 0. The Morgan fingerprint density at radius 1 is 0.474 bits per heavy atom. The van der Waals surface area contributed by atoms with Gasteiger partial charge >= 0.3 is 0 Å². The molecule has 0 unspecified atom stereocenters. The molecule has 4 heterocycles. The molecule has 0 N–H and O–H groups in total. The Hall–Kier alpha value is -9.91. The van der Waals surface area contributed by atoms with Crippen LogP contribution in [-0.4, -0.2) is 28.7 Å². The number of allylic oxidation sites excluding steroid dienone is 8. The molecule has 0 fully saturated rings. The van der Waals surface area contributed by atoms with Crippen LogP contribution in [0.2, 0.25) is 0 Å². The van der Waals surface area contributed by atoms with E-state index in [1.165, 1.54) is 38.0 Å². The highest BCUT2D eigenvalue weighted by Crippen LogP contribution is 2.48. The summed E-state index contributed by atoms with van der Waals surface area (Å²) in [5, 5.41) is 7.15. The summed E-state index contributed by atoms with van der Waals surface area (Å²) in [6, 6.07) is 74.1. The Labute approximate surface area is 441 Å². The average Bonchev–Trinajstić information content (AvgIpc) is 4.32. The summed E-state index contributed by atoms with van der Waals surface area (Å²) in [5.74, 6) is 1.65. The van der Waals surface area contributed by atoms with Crippen molar-refractivity contribution < 1.29 is 0 Å². The number of fused-ring (bicyclic) bond motifs is 11. The third-order valence-corrected chi connectivity index (χ3v) is 14.6. The molecule has 0 radical (unpaired) electrons. The van der Waals surface area contributed by atoms with E-state index in [9.17, 15) is 0 Å². The minimum absolute atomic E-state index is 0.519. The van der Waals surface area contributed by atoms with Gasteiger partial charge in [-0.3, -0.25) is 0 Å². The van der Waals surface area contributed by atoms with Crippen LogP contribution < -0.4 is 0 Å². The van der Waals surface area contributed by atoms with Crippen molar-refractivity contribution in [1.29, 1.82) is 0 Å². The van der Waals surface area contributed by atoms with Gasteiger partial charge in [-0.2, -0.15) is 0 Å². The Morgan fingerprint density at radius 3 is 1.55 bits per heavy atom. The van der Waals surface area contributed by atoms with Crippen molar-refractivity contribution in [3.63, 3.8) is 0 Å². The van der Waals surface area contributed by atoms with Crippen LogP contribution in [0.15, 0.2) is 256 Å². The van der Waals surface area contributed by atoms with Crippen molar-refractivity contribution in [2.75, 3.05) is 0 Å². The van der Waals surface area contributed by atoms with Crippen LogP contribution in [0.4, 0.5) is 0 Å². The fourth-order valence-corrected chi connectivity index (χ4v) is 11.5. The van der Waals surface area contributed by atoms with Crippen molar-refractivity contribution in [3.8, 4) is 51.0 Å². The van der Waals surface area contributed by atoms with Gasteiger partial charge in [-0.05, 0) is 85.1 Å². The van der Waals surface area contributed by atoms with Crippen molar-refractivity contribution in [1.82, 2.24) is 28.7 Å². The number of nitrogens with zero attached hydrogens (tertiary/aromatic N) is 6. The first kappa shape index (κ1) is 45.9. The van der Waals surface area contributed by atoms with E-state index in [0.717, 1.165) is 89.9 Å². The molecular formula is C70H52N6. The lowest BCUT2D eigenvalue weighted by atomic mass is 9.91. The van der Waals surface area contributed by atoms with Crippen molar-refractivity contribution >= 4 is 76.6 Å². The number of hydrogen-bond donors (Lipinski definition) is 0. The largest absolute Gasteiger partial charge is 0.309 e. The van der Waals surface area contributed by atoms with E-state index < -0.39 is 0 Å². The van der Waals surface area contributed by atoms with Gasteiger partial charge < -0.3 is 13.7 Å². The average molecular weight is 977 g/mol. The van der Waals surface area contributed by atoms with Crippen LogP contribution in [0.3, 0.4) is 0 Å². The molecule has 0 saturated heterocycles. The molecule has 13 aromatic rings. The van der Waals surface area contributed by atoms with Gasteiger partial charge in [-0.25, -0.2) is 15.0 Å². The molecule has 4 aromatic heterocycles. The first-order valence-corrected chi connectivity index (χ1v) is 26.0. The van der Waals surface area contributed by atoms with E-state index in [4.69, 9.17) is 15.0 Å². The van der Waals surface area contributed by atoms with Crippen LogP contribution in [0.25, 0.3) is 128 Å². The molecule has 6 nitrogen and oxygen atoms in total. The molecule has 362 valence electrons. The zero-order valence-corrected chi connectivity index (χ0v) is 42.4. The normalized spacial score (nSPS) is 12.3. The standard InChI is InChI=1S/C70H52N6/c1-5-25-46(8-4)68-71-69(49-30-15-10-16-31-49)73-70(72-68)50-44-57(47(26-6-2)27-7-3)65(58(45-50)48-28-13-9-14-29-48)76-60-39-24-22-37-56(60)64-62(76)43-41-54-53-40-42-61-63(66(53)75(67(54)64)52-34-19-12-20-35-52)55-36-21-23-38-59(55)74(61)51-32-17-11-18-33-51/h5-6,8-45H,1,4,7H2,2-3H3/b26-6-,46-25+,47-27+. The number of benzene rings is 9. The quantitative estimate of drug-likeness (QED) is 0.115. The third kappa shape index (κ3) is 7.45. The maximum absolute atomic E-state index is 5.26. The third-order valence-electron chi connectivity index (χ3n) is 14.6. The van der Waals surface area contributed by atoms with E-state index in [1.807, 2.05) is 36.4 Å². The summed E-state index contributed by atoms with van der Waals surface area (Å²) in [7, 11) is 0. The van der Waals surface area contributed by atoms with E-state index in [-0.39, 0.29) is 0 Å². The molecule has 0 saturated carbocycles. The minimum atomic E-state index is 0.519. The number of para-hydroxylation sites is 4. The number of rotatable bonds is 12. The molecule has 76 heavy (non-hydrogen) atoms. The molecular weight excluding hydrogens is 925 g/mol. The van der Waals surface area contributed by atoms with E-state index in [2.05, 4.69) is 235 Å². The first-order chi connectivity index (χ1) is 37.6. The lowest BCUT2D eigenvalue weighted by Crippen LogP contribution is -2.06. The topological polar surface area (TPSA) is 53.5 Å². The summed E-state index contributed by atoms with van der Waals surface area (Å²) in [4.78, 5) is 15.5. The number of aromatic nitrogens is 6. The lowest BCUT2D eigenvalue weighted by molar-refractivity contribution is 1.04. The van der Waals surface area contributed by atoms with Gasteiger partial charge in [0.2, 0.25) is 0 Å². The van der Waals surface area contributed by atoms with Crippen LogP contribution in [0.5, 0.6) is 0 Å². The van der Waals surface area contributed by atoms with Gasteiger partial charge in [0.25, 0.3) is 0 Å². The summed E-state index contributed by atoms with van der Waals surface area (Å²) < 4.78 is 7.47. The summed E-state index contributed by atoms with van der Waals surface area (Å²) in [6.45, 7) is 12.4. The van der Waals surface area contributed by atoms with Crippen molar-refractivity contribution in [3.05, 3.63) is 267 Å². The van der Waals surface area contributed by atoms with Gasteiger partial charge in [0, 0.05) is 71.5 Å². The molecule has 0 aliphatic rings. The van der Waals surface area contributed by atoms with E-state index in [0.29, 0.717) is 17.5 Å². The van der Waals surface area contributed by atoms with Crippen LogP contribution in [0, 0.1) is 0 Å². The lowest BCUT2D eigenvalue weighted by Gasteiger charge is -2.21. The van der Waals surface area contributed by atoms with Crippen LogP contribution >= 0.6 is 0 Å². The maximum atomic E-state index is 5.26. The van der Waals surface area contributed by atoms with Gasteiger partial charge in [0.1, 0.15) is 0 Å². The monoisotopic (exact) mass is 976 g/mol. The molecule has 0 atom stereocenters. The molecule has 6 heteroatoms. The molecule has 13 rings (SSSR count). The van der Waals surface area contributed by atoms with Gasteiger partial charge in [-0.15, -0.1) is 0 Å². The van der Waals surface area contributed by atoms with Gasteiger partial charge in [-0.1, -0.05) is 202 Å². The molecule has 0 spiro atoms. The van der Waals surface area contributed by atoms with Crippen molar-refractivity contribution in [2.24, 2.45) is 0 Å². The highest BCUT2D eigenvalue weighted by atomic mass is 15.1. The van der Waals surface area contributed by atoms with Gasteiger partial charge in [0.15, 0.2) is 17.5 Å². The minimum Gasteiger partial charge on any atom is -0.309 e. The highest BCUT2D eigenvalue weighted by Gasteiger charge is 2.28. The predicted octanol–water partition coefficient (Wildman–Crippen LogP) is 18.3. The fraction of sp³-hybridized carbons (Fsp3) is 0.0429. The maximum Gasteiger partial charge on any atom is 0.164 e.